The van der Waals surface area contributed by atoms with Gasteiger partial charge in [-0.05, 0) is 26.0 Å². The summed E-state index contributed by atoms with van der Waals surface area (Å²) < 4.78 is 10.3. The number of pyridine rings is 1. The van der Waals surface area contributed by atoms with Crippen molar-refractivity contribution in [2.24, 2.45) is 0 Å². The number of anilines is 1. The third kappa shape index (κ3) is 2.98. The molecule has 1 aliphatic heterocycles. The van der Waals surface area contributed by atoms with Crippen LogP contribution in [0.15, 0.2) is 12.1 Å². The molecule has 0 amide bonds. The van der Waals surface area contributed by atoms with Crippen LogP contribution in [0, 0.1) is 6.92 Å². The highest BCUT2D eigenvalue weighted by Crippen LogP contribution is 2.17. The van der Waals surface area contributed by atoms with Gasteiger partial charge in [0, 0.05) is 18.8 Å². The lowest BCUT2D eigenvalue weighted by atomic mass is 10.2. The second-order valence-electron chi connectivity index (χ2n) is 4.18. The van der Waals surface area contributed by atoms with Crippen molar-refractivity contribution in [1.82, 2.24) is 4.98 Å². The van der Waals surface area contributed by atoms with Crippen LogP contribution >= 0.6 is 0 Å². The molecule has 0 N–H and O–H groups in total. The van der Waals surface area contributed by atoms with E-state index in [0.717, 1.165) is 24.6 Å². The van der Waals surface area contributed by atoms with Gasteiger partial charge in [0.1, 0.15) is 5.82 Å². The van der Waals surface area contributed by atoms with E-state index in [1.54, 1.807) is 19.1 Å². The van der Waals surface area contributed by atoms with Gasteiger partial charge in [0.2, 0.25) is 0 Å². The average molecular weight is 250 g/mol. The van der Waals surface area contributed by atoms with Gasteiger partial charge in [-0.15, -0.1) is 0 Å². The zero-order valence-electron chi connectivity index (χ0n) is 10.8. The fraction of sp³-hybridized carbons (Fsp3) is 0.538. The van der Waals surface area contributed by atoms with Gasteiger partial charge in [-0.2, -0.15) is 0 Å². The van der Waals surface area contributed by atoms with Crippen LogP contribution in [-0.4, -0.2) is 43.9 Å². The first-order valence-electron chi connectivity index (χ1n) is 6.19. The number of ether oxygens (including phenoxy) is 2. The Morgan fingerprint density at radius 1 is 1.44 bits per heavy atom. The Morgan fingerprint density at radius 3 is 2.83 bits per heavy atom. The SMILES string of the molecule is CCOC(=O)c1cc(C)nc(N2CCOCC2)c1. The molecular formula is C13H18N2O3. The van der Waals surface area contributed by atoms with Crippen LogP contribution in [0.5, 0.6) is 0 Å². The molecule has 1 aromatic rings. The van der Waals surface area contributed by atoms with Crippen molar-refractivity contribution in [3.05, 3.63) is 23.4 Å². The van der Waals surface area contributed by atoms with Gasteiger partial charge in [0.05, 0.1) is 25.4 Å². The van der Waals surface area contributed by atoms with E-state index in [0.29, 0.717) is 25.4 Å². The van der Waals surface area contributed by atoms with Crippen molar-refractivity contribution in [2.45, 2.75) is 13.8 Å². The minimum atomic E-state index is -0.294. The summed E-state index contributed by atoms with van der Waals surface area (Å²) in [4.78, 5) is 18.3. The normalized spacial score (nSPS) is 15.6. The molecule has 1 aliphatic rings. The van der Waals surface area contributed by atoms with E-state index in [9.17, 15) is 4.79 Å². The van der Waals surface area contributed by atoms with Gasteiger partial charge < -0.3 is 14.4 Å². The van der Waals surface area contributed by atoms with Gasteiger partial charge in [0.25, 0.3) is 0 Å². The van der Waals surface area contributed by atoms with Crippen molar-refractivity contribution < 1.29 is 14.3 Å². The van der Waals surface area contributed by atoms with E-state index >= 15 is 0 Å². The van der Waals surface area contributed by atoms with E-state index in [1.807, 2.05) is 6.92 Å². The molecule has 18 heavy (non-hydrogen) atoms. The van der Waals surface area contributed by atoms with Crippen LogP contribution in [0.25, 0.3) is 0 Å². The molecule has 0 atom stereocenters. The number of esters is 1. The Labute approximate surface area is 107 Å². The highest BCUT2D eigenvalue weighted by molar-refractivity contribution is 5.90. The lowest BCUT2D eigenvalue weighted by Gasteiger charge is -2.28. The third-order valence-corrected chi connectivity index (χ3v) is 2.79. The largest absolute Gasteiger partial charge is 0.462 e. The Morgan fingerprint density at radius 2 is 2.17 bits per heavy atom. The number of rotatable bonds is 3. The predicted octanol–water partition coefficient (Wildman–Crippen LogP) is 1.40. The molecule has 0 spiro atoms. The number of morpholine rings is 1. The molecule has 0 radical (unpaired) electrons. The van der Waals surface area contributed by atoms with Crippen molar-refractivity contribution in [3.63, 3.8) is 0 Å². The molecule has 0 aromatic carbocycles. The zero-order valence-corrected chi connectivity index (χ0v) is 10.8. The van der Waals surface area contributed by atoms with Crippen molar-refractivity contribution in [2.75, 3.05) is 37.8 Å². The van der Waals surface area contributed by atoms with Gasteiger partial charge in [0.15, 0.2) is 0 Å². The minimum Gasteiger partial charge on any atom is -0.462 e. The molecule has 2 heterocycles. The summed E-state index contributed by atoms with van der Waals surface area (Å²) in [5, 5.41) is 0. The number of aromatic nitrogens is 1. The first-order chi connectivity index (χ1) is 8.70. The first kappa shape index (κ1) is 12.8. The van der Waals surface area contributed by atoms with Crippen LogP contribution in [-0.2, 0) is 9.47 Å². The number of hydrogen-bond acceptors (Lipinski definition) is 5. The maximum absolute atomic E-state index is 11.7. The van der Waals surface area contributed by atoms with Gasteiger partial charge in [-0.1, -0.05) is 0 Å². The number of carbonyl (C=O) groups is 1. The highest BCUT2D eigenvalue weighted by Gasteiger charge is 2.16. The maximum atomic E-state index is 11.7. The first-order valence-corrected chi connectivity index (χ1v) is 6.19. The van der Waals surface area contributed by atoms with Crippen molar-refractivity contribution in [3.8, 4) is 0 Å². The molecule has 0 aliphatic carbocycles. The summed E-state index contributed by atoms with van der Waals surface area (Å²) >= 11 is 0. The number of hydrogen-bond donors (Lipinski definition) is 0. The number of nitrogens with zero attached hydrogens (tertiary/aromatic N) is 2. The fourth-order valence-corrected chi connectivity index (χ4v) is 1.94. The van der Waals surface area contributed by atoms with Crippen LogP contribution in [0.3, 0.4) is 0 Å². The standard InChI is InChI=1S/C13H18N2O3/c1-3-18-13(16)11-8-10(2)14-12(9-11)15-4-6-17-7-5-15/h8-9H,3-7H2,1-2H3. The topological polar surface area (TPSA) is 51.7 Å². The number of carbonyl (C=O) groups excluding carboxylic acids is 1. The predicted molar refractivity (Wildman–Crippen MR) is 68.0 cm³/mol. The van der Waals surface area contributed by atoms with E-state index in [2.05, 4.69) is 9.88 Å². The van der Waals surface area contributed by atoms with Crippen LogP contribution < -0.4 is 4.90 Å². The summed E-state index contributed by atoms with van der Waals surface area (Å²) in [6.45, 7) is 7.07. The molecule has 0 bridgehead atoms. The van der Waals surface area contributed by atoms with Gasteiger partial charge >= 0.3 is 5.97 Å². The Kier molecular flexibility index (Phi) is 4.15. The summed E-state index contributed by atoms with van der Waals surface area (Å²) in [5.41, 5.74) is 1.38. The molecule has 1 aromatic heterocycles. The zero-order chi connectivity index (χ0) is 13.0. The lowest BCUT2D eigenvalue weighted by Crippen LogP contribution is -2.37. The van der Waals surface area contributed by atoms with Crippen molar-refractivity contribution in [1.29, 1.82) is 0 Å². The average Bonchev–Trinajstić information content (AvgIpc) is 2.39. The fourth-order valence-electron chi connectivity index (χ4n) is 1.94. The molecule has 1 fully saturated rings. The van der Waals surface area contributed by atoms with Gasteiger partial charge in [-0.25, -0.2) is 9.78 Å². The second-order valence-corrected chi connectivity index (χ2v) is 4.18. The second kappa shape index (κ2) is 5.82. The Bertz CT molecular complexity index is 428. The lowest BCUT2D eigenvalue weighted by molar-refractivity contribution is 0.0526. The summed E-state index contributed by atoms with van der Waals surface area (Å²) in [6, 6.07) is 3.54. The smallest absolute Gasteiger partial charge is 0.338 e. The molecule has 0 saturated carbocycles. The molecule has 2 rings (SSSR count). The summed E-state index contributed by atoms with van der Waals surface area (Å²) in [5.74, 6) is 0.527. The molecule has 5 heteroatoms. The monoisotopic (exact) mass is 250 g/mol. The van der Waals surface area contributed by atoms with Crippen LogP contribution in [0.1, 0.15) is 23.0 Å². The third-order valence-electron chi connectivity index (χ3n) is 2.79. The molecular weight excluding hydrogens is 232 g/mol. The maximum Gasteiger partial charge on any atom is 0.338 e. The minimum absolute atomic E-state index is 0.294. The molecule has 0 unspecified atom stereocenters. The van der Waals surface area contributed by atoms with E-state index in [1.165, 1.54) is 0 Å². The Hall–Kier alpha value is -1.62. The quantitative estimate of drug-likeness (QED) is 0.759. The molecule has 98 valence electrons. The summed E-state index contributed by atoms with van der Waals surface area (Å²) in [6.07, 6.45) is 0. The summed E-state index contributed by atoms with van der Waals surface area (Å²) in [7, 11) is 0. The van der Waals surface area contributed by atoms with E-state index in [-0.39, 0.29) is 5.97 Å². The Balaban J connectivity index is 2.22. The van der Waals surface area contributed by atoms with E-state index in [4.69, 9.17) is 9.47 Å². The molecule has 1 saturated heterocycles. The van der Waals surface area contributed by atoms with Crippen LogP contribution in [0.4, 0.5) is 5.82 Å². The highest BCUT2D eigenvalue weighted by atomic mass is 16.5. The number of aryl methyl sites for hydroxylation is 1. The van der Waals surface area contributed by atoms with Crippen molar-refractivity contribution >= 4 is 11.8 Å². The van der Waals surface area contributed by atoms with E-state index < -0.39 is 0 Å². The molecule has 5 nitrogen and oxygen atoms in total. The van der Waals surface area contributed by atoms with Gasteiger partial charge in [-0.3, -0.25) is 0 Å². The van der Waals surface area contributed by atoms with Crippen LogP contribution in [0.2, 0.25) is 0 Å².